The zero-order chi connectivity index (χ0) is 31.0. The van der Waals surface area contributed by atoms with Gasteiger partial charge in [-0.15, -0.1) is 0 Å². The normalized spacial score (nSPS) is 44.0. The Morgan fingerprint density at radius 3 is 2.23 bits per heavy atom. The summed E-state index contributed by atoms with van der Waals surface area (Å²) in [5.41, 5.74) is 1.39. The van der Waals surface area contributed by atoms with Crippen LogP contribution in [0.15, 0.2) is 24.3 Å². The zero-order valence-corrected chi connectivity index (χ0v) is 27.2. The van der Waals surface area contributed by atoms with Gasteiger partial charge in [0.1, 0.15) is 18.2 Å². The molecule has 0 spiro atoms. The number of hydrogen-bond donors (Lipinski definition) is 1. The van der Waals surface area contributed by atoms with Crippen LogP contribution in [0.1, 0.15) is 115 Å². The summed E-state index contributed by atoms with van der Waals surface area (Å²) in [4.78, 5) is 22.4. The number of carboxylic acid groups (broad SMARTS) is 1. The summed E-state index contributed by atoms with van der Waals surface area (Å²) in [6.45, 7) is 12.1. The highest BCUT2D eigenvalue weighted by atomic mass is 19.1. The highest BCUT2D eigenvalue weighted by Gasteiger charge is 2.69. The molecule has 7 rings (SSSR count). The second kappa shape index (κ2) is 12.5. The van der Waals surface area contributed by atoms with E-state index in [-0.39, 0.29) is 11.2 Å². The second-order valence-corrected chi connectivity index (χ2v) is 15.6. The lowest BCUT2D eigenvalue weighted by Crippen LogP contribution is -2.64. The fraction of sp³-hybridized carbons (Fsp3) is 0.784. The lowest BCUT2D eigenvalue weighted by molar-refractivity contribution is -0.227. The molecule has 6 fully saturated rings. The van der Waals surface area contributed by atoms with E-state index in [1.165, 1.54) is 75.6 Å². The number of epoxide rings is 1. The van der Waals surface area contributed by atoms with Crippen LogP contribution in [0.3, 0.4) is 0 Å². The molecule has 1 aliphatic heterocycles. The van der Waals surface area contributed by atoms with Crippen LogP contribution in [0.5, 0.6) is 0 Å². The van der Waals surface area contributed by atoms with Crippen LogP contribution >= 0.6 is 0 Å². The van der Waals surface area contributed by atoms with E-state index in [1.807, 2.05) is 0 Å². The molecular formula is C37H55FO5. The fourth-order valence-corrected chi connectivity index (χ4v) is 11.5. The Balaban J connectivity index is 0.000000201. The van der Waals surface area contributed by atoms with E-state index in [2.05, 4.69) is 27.7 Å². The van der Waals surface area contributed by atoms with Gasteiger partial charge in [0.25, 0.3) is 0 Å². The number of aliphatic carboxylic acids is 1. The quantitative estimate of drug-likeness (QED) is 0.277. The highest BCUT2D eigenvalue weighted by molar-refractivity contribution is 5.76. The van der Waals surface area contributed by atoms with Crippen molar-refractivity contribution in [2.45, 2.75) is 111 Å². The van der Waals surface area contributed by atoms with Crippen molar-refractivity contribution in [2.24, 2.45) is 51.2 Å². The lowest BCUT2D eigenvalue weighted by Gasteiger charge is -2.71. The van der Waals surface area contributed by atoms with Crippen LogP contribution in [-0.2, 0) is 14.3 Å². The lowest BCUT2D eigenvalue weighted by atomic mass is 9.33. The number of fused-ring (bicyclic) bond motifs is 7. The first-order valence-electron chi connectivity index (χ1n) is 17.0. The van der Waals surface area contributed by atoms with Gasteiger partial charge >= 0.3 is 5.97 Å². The van der Waals surface area contributed by atoms with Gasteiger partial charge in [-0.3, -0.25) is 9.59 Å². The number of methoxy groups -OCH3 is 1. The maximum absolute atomic E-state index is 12.4. The van der Waals surface area contributed by atoms with Crippen molar-refractivity contribution < 1.29 is 28.6 Å². The summed E-state index contributed by atoms with van der Waals surface area (Å²) >= 11 is 0. The average molecular weight is 599 g/mol. The number of carbonyl (C=O) groups excluding carboxylic acids is 1. The Morgan fingerprint density at radius 2 is 1.63 bits per heavy atom. The van der Waals surface area contributed by atoms with E-state index in [0.717, 1.165) is 56.7 Å². The first kappa shape index (κ1) is 32.6. The maximum atomic E-state index is 12.4. The first-order valence-corrected chi connectivity index (χ1v) is 17.0. The van der Waals surface area contributed by atoms with Gasteiger partial charge in [-0.1, -0.05) is 47.0 Å². The van der Waals surface area contributed by atoms with Crippen molar-refractivity contribution in [3.8, 4) is 0 Å². The van der Waals surface area contributed by atoms with Crippen molar-refractivity contribution in [3.05, 3.63) is 35.6 Å². The Hall–Kier alpha value is -1.79. The van der Waals surface area contributed by atoms with Gasteiger partial charge in [0.2, 0.25) is 0 Å². The molecule has 1 saturated heterocycles. The number of carbonyl (C=O) groups is 2. The summed E-state index contributed by atoms with van der Waals surface area (Å²) in [7, 11) is 1.68. The third-order valence-corrected chi connectivity index (χ3v) is 13.9. The maximum Gasteiger partial charge on any atom is 0.309 e. The predicted molar refractivity (Wildman–Crippen MR) is 166 cm³/mol. The van der Waals surface area contributed by atoms with Crippen LogP contribution in [0, 0.1) is 57.1 Å². The Morgan fingerprint density at radius 1 is 0.930 bits per heavy atom. The number of hydrogen-bond acceptors (Lipinski definition) is 4. The van der Waals surface area contributed by atoms with Crippen LogP contribution in [0.4, 0.5) is 4.39 Å². The molecule has 9 unspecified atom stereocenters. The van der Waals surface area contributed by atoms with E-state index in [1.54, 1.807) is 7.11 Å². The molecule has 1 N–H and O–H groups in total. The van der Waals surface area contributed by atoms with E-state index < -0.39 is 5.97 Å². The average Bonchev–Trinajstić information content (AvgIpc) is 3.69. The molecule has 0 bridgehead atoms. The topological polar surface area (TPSA) is 76.1 Å². The molecule has 1 aromatic carbocycles. The smallest absolute Gasteiger partial charge is 0.309 e. The molecule has 5 nitrogen and oxygen atoms in total. The number of aldehydes is 1. The van der Waals surface area contributed by atoms with Crippen molar-refractivity contribution in [3.63, 3.8) is 0 Å². The molecule has 5 aliphatic carbocycles. The largest absolute Gasteiger partial charge is 0.481 e. The standard InChI is InChI=1S/C26H42O2.C7H5FO.C4H8O2/c1-17-7-5-12-23(2)18(17)11-14-25(4)21(23)10-9-19-20-8-6-13-26(20,22(27)28)16-15-24(19,25)3;8-7-3-1-6(5-9)2-4-7;1-5-2-4-3-6-4/h17-21H,5-16H2,1-4H3,(H,27,28);1-5H;4H,2-3H2,1H3/t17?,18?,19?,20?,21?,23?,24-,25?,26?;;/m1../s1. The second-order valence-electron chi connectivity index (χ2n) is 15.6. The minimum Gasteiger partial charge on any atom is -0.481 e. The molecular weight excluding hydrogens is 543 g/mol. The number of benzene rings is 1. The summed E-state index contributed by atoms with van der Waals surface area (Å²) in [5, 5.41) is 10.2. The molecule has 6 heteroatoms. The SMILES string of the molecule is CC1CCCC2(C)C1CCC1(C)C2CCC2C3CCCC3(C(=O)O)CC[C@]21C.COCC1CO1.O=Cc1ccc(F)cc1. The van der Waals surface area contributed by atoms with Crippen LogP contribution < -0.4 is 0 Å². The van der Waals surface area contributed by atoms with E-state index in [4.69, 9.17) is 9.47 Å². The third kappa shape index (κ3) is 5.73. The van der Waals surface area contributed by atoms with Gasteiger partial charge in [0.05, 0.1) is 18.6 Å². The van der Waals surface area contributed by atoms with Crippen LogP contribution in [-0.4, -0.2) is 43.8 Å². The van der Waals surface area contributed by atoms with Crippen LogP contribution in [0.25, 0.3) is 0 Å². The van der Waals surface area contributed by atoms with E-state index in [9.17, 15) is 19.1 Å². The van der Waals surface area contributed by atoms with Gasteiger partial charge in [0, 0.05) is 12.7 Å². The van der Waals surface area contributed by atoms with Gasteiger partial charge < -0.3 is 14.6 Å². The summed E-state index contributed by atoms with van der Waals surface area (Å²) in [5.74, 6) is 2.96. The Labute approximate surface area is 258 Å². The van der Waals surface area contributed by atoms with Crippen molar-refractivity contribution in [1.29, 1.82) is 0 Å². The molecule has 10 atom stereocenters. The summed E-state index contributed by atoms with van der Waals surface area (Å²) in [6, 6.07) is 5.37. The number of rotatable bonds is 4. The molecule has 5 saturated carbocycles. The molecule has 240 valence electrons. The number of halogens is 1. The fourth-order valence-electron chi connectivity index (χ4n) is 11.5. The first-order chi connectivity index (χ1) is 20.4. The molecule has 1 heterocycles. The molecule has 43 heavy (non-hydrogen) atoms. The van der Waals surface area contributed by atoms with Gasteiger partial charge in [0.15, 0.2) is 0 Å². The van der Waals surface area contributed by atoms with Crippen molar-refractivity contribution >= 4 is 12.3 Å². The summed E-state index contributed by atoms with van der Waals surface area (Å²) in [6.07, 6.45) is 16.2. The number of ether oxygens (including phenoxy) is 2. The monoisotopic (exact) mass is 598 g/mol. The minimum atomic E-state index is -0.471. The van der Waals surface area contributed by atoms with Gasteiger partial charge in [-0.2, -0.15) is 0 Å². The van der Waals surface area contributed by atoms with Gasteiger partial charge in [-0.25, -0.2) is 4.39 Å². The predicted octanol–water partition coefficient (Wildman–Crippen LogP) is 8.60. The van der Waals surface area contributed by atoms with E-state index >= 15 is 0 Å². The summed E-state index contributed by atoms with van der Waals surface area (Å²) < 4.78 is 21.7. The Kier molecular flexibility index (Phi) is 9.51. The van der Waals surface area contributed by atoms with Crippen molar-refractivity contribution in [1.82, 2.24) is 0 Å². The number of carboxylic acids is 1. The zero-order valence-electron chi connectivity index (χ0n) is 27.2. The molecule has 6 aliphatic rings. The third-order valence-electron chi connectivity index (χ3n) is 13.9. The molecule has 1 aromatic rings. The highest BCUT2D eigenvalue weighted by Crippen LogP contribution is 2.75. The van der Waals surface area contributed by atoms with Crippen molar-refractivity contribution in [2.75, 3.05) is 20.3 Å². The molecule has 0 radical (unpaired) electrons. The molecule has 0 amide bonds. The Bertz CT molecular complexity index is 1130. The van der Waals surface area contributed by atoms with Crippen LogP contribution in [0.2, 0.25) is 0 Å². The molecule has 0 aromatic heterocycles. The van der Waals surface area contributed by atoms with E-state index in [0.29, 0.717) is 46.0 Å². The van der Waals surface area contributed by atoms with Gasteiger partial charge in [-0.05, 0) is 128 Å². The minimum absolute atomic E-state index is 0.319.